The zero-order valence-corrected chi connectivity index (χ0v) is 12.5. The van der Waals surface area contributed by atoms with E-state index in [9.17, 15) is 9.50 Å². The van der Waals surface area contributed by atoms with Crippen molar-refractivity contribution in [2.24, 2.45) is 0 Å². The summed E-state index contributed by atoms with van der Waals surface area (Å²) in [6, 6.07) is 10.7. The van der Waals surface area contributed by atoms with Crippen LogP contribution in [0.1, 0.15) is 34.7 Å². The highest BCUT2D eigenvalue weighted by atomic mass is 19.1. The van der Waals surface area contributed by atoms with Crippen molar-refractivity contribution in [3.8, 4) is 0 Å². The van der Waals surface area contributed by atoms with Crippen molar-refractivity contribution < 1.29 is 9.50 Å². The summed E-state index contributed by atoms with van der Waals surface area (Å²) in [6.07, 6.45) is 0.474. The lowest BCUT2D eigenvalue weighted by Gasteiger charge is -2.25. The molecular weight excluding hydrogens is 251 g/mol. The van der Waals surface area contributed by atoms with Gasteiger partial charge >= 0.3 is 0 Å². The Morgan fingerprint density at radius 2 is 1.65 bits per heavy atom. The van der Waals surface area contributed by atoms with Crippen molar-refractivity contribution in [3.63, 3.8) is 0 Å². The number of aryl methyl sites for hydroxylation is 3. The first-order valence-corrected chi connectivity index (χ1v) is 6.85. The van der Waals surface area contributed by atoms with Crippen molar-refractivity contribution >= 4 is 0 Å². The predicted octanol–water partition coefficient (Wildman–Crippen LogP) is 4.20. The van der Waals surface area contributed by atoms with Gasteiger partial charge in [0.1, 0.15) is 5.82 Å². The zero-order valence-electron chi connectivity index (χ0n) is 12.5. The van der Waals surface area contributed by atoms with Crippen molar-refractivity contribution in [2.75, 3.05) is 0 Å². The highest BCUT2D eigenvalue weighted by molar-refractivity contribution is 5.35. The van der Waals surface area contributed by atoms with Gasteiger partial charge in [-0.15, -0.1) is 0 Å². The average molecular weight is 272 g/mol. The fourth-order valence-electron chi connectivity index (χ4n) is 2.41. The molecule has 0 fully saturated rings. The third-order valence-corrected chi connectivity index (χ3v) is 3.97. The van der Waals surface area contributed by atoms with Crippen LogP contribution < -0.4 is 0 Å². The van der Waals surface area contributed by atoms with E-state index in [0.717, 1.165) is 16.7 Å². The van der Waals surface area contributed by atoms with E-state index < -0.39 is 5.60 Å². The van der Waals surface area contributed by atoms with E-state index in [4.69, 9.17) is 0 Å². The predicted molar refractivity (Wildman–Crippen MR) is 80.3 cm³/mol. The second kappa shape index (κ2) is 5.37. The molecule has 1 atom stereocenters. The third kappa shape index (κ3) is 3.07. The number of hydrogen-bond acceptors (Lipinski definition) is 1. The first-order valence-electron chi connectivity index (χ1n) is 6.85. The fraction of sp³-hybridized carbons (Fsp3) is 0.333. The molecule has 0 bridgehead atoms. The Morgan fingerprint density at radius 3 is 2.25 bits per heavy atom. The van der Waals surface area contributed by atoms with E-state index in [1.165, 1.54) is 23.3 Å². The van der Waals surface area contributed by atoms with Gasteiger partial charge in [0.2, 0.25) is 0 Å². The molecule has 0 saturated heterocycles. The van der Waals surface area contributed by atoms with E-state index >= 15 is 0 Å². The molecule has 1 N–H and O–H groups in total. The van der Waals surface area contributed by atoms with Crippen molar-refractivity contribution in [1.82, 2.24) is 0 Å². The summed E-state index contributed by atoms with van der Waals surface area (Å²) in [4.78, 5) is 0. The number of benzene rings is 2. The summed E-state index contributed by atoms with van der Waals surface area (Å²) in [6.45, 7) is 7.77. The molecule has 0 aliphatic rings. The van der Waals surface area contributed by atoms with E-state index in [2.05, 4.69) is 6.92 Å². The lowest BCUT2D eigenvalue weighted by molar-refractivity contribution is 0.0574. The molecule has 0 aromatic heterocycles. The van der Waals surface area contributed by atoms with Crippen LogP contribution in [-0.4, -0.2) is 5.11 Å². The van der Waals surface area contributed by atoms with Crippen LogP contribution in [0, 0.1) is 26.6 Å². The normalized spacial score (nSPS) is 14.1. The second-order valence-corrected chi connectivity index (χ2v) is 5.82. The molecule has 106 valence electrons. The molecule has 0 aliphatic heterocycles. The van der Waals surface area contributed by atoms with Gasteiger partial charge in [-0.2, -0.15) is 0 Å². The van der Waals surface area contributed by atoms with Crippen molar-refractivity contribution in [1.29, 1.82) is 0 Å². The maximum absolute atomic E-state index is 13.1. The Balaban J connectivity index is 2.32. The fourth-order valence-corrected chi connectivity index (χ4v) is 2.41. The smallest absolute Gasteiger partial charge is 0.123 e. The molecule has 2 rings (SSSR count). The first kappa shape index (κ1) is 14.7. The third-order valence-electron chi connectivity index (χ3n) is 3.97. The molecule has 0 spiro atoms. The minimum atomic E-state index is -0.957. The van der Waals surface area contributed by atoms with Crippen LogP contribution in [0.5, 0.6) is 0 Å². The quantitative estimate of drug-likeness (QED) is 0.887. The van der Waals surface area contributed by atoms with Crippen LogP contribution in [0.4, 0.5) is 4.39 Å². The van der Waals surface area contributed by atoms with Crippen LogP contribution in [0.3, 0.4) is 0 Å². The van der Waals surface area contributed by atoms with Gasteiger partial charge in [0.25, 0.3) is 0 Å². The van der Waals surface area contributed by atoms with Crippen molar-refractivity contribution in [2.45, 2.75) is 39.7 Å². The Labute approximate surface area is 120 Å². The van der Waals surface area contributed by atoms with Crippen LogP contribution in [0.15, 0.2) is 36.4 Å². The molecular formula is C18H21FO. The Bertz CT molecular complexity index is 629. The summed E-state index contributed by atoms with van der Waals surface area (Å²) < 4.78 is 13.1. The number of halogens is 1. The molecule has 2 heteroatoms. The molecule has 0 saturated carbocycles. The summed E-state index contributed by atoms with van der Waals surface area (Å²) >= 11 is 0. The van der Waals surface area contributed by atoms with E-state index in [0.29, 0.717) is 6.42 Å². The van der Waals surface area contributed by atoms with Crippen LogP contribution >= 0.6 is 0 Å². The number of hydrogen-bond donors (Lipinski definition) is 1. The number of aliphatic hydroxyl groups is 1. The van der Waals surface area contributed by atoms with E-state index in [1.807, 2.05) is 32.0 Å². The molecule has 0 radical (unpaired) electrons. The molecule has 2 aromatic rings. The topological polar surface area (TPSA) is 20.2 Å². The molecule has 2 aromatic carbocycles. The molecule has 0 amide bonds. The standard InChI is InChI=1S/C18H21FO/c1-12-5-7-16(9-13(12)2)18(4,20)11-15-6-8-17(19)10-14(15)3/h5-10,20H,11H2,1-4H3. The van der Waals surface area contributed by atoms with Crippen LogP contribution in [0.2, 0.25) is 0 Å². The van der Waals surface area contributed by atoms with Gasteiger partial charge in [0.15, 0.2) is 0 Å². The van der Waals surface area contributed by atoms with Gasteiger partial charge < -0.3 is 5.11 Å². The Morgan fingerprint density at radius 1 is 0.950 bits per heavy atom. The maximum atomic E-state index is 13.1. The van der Waals surface area contributed by atoms with E-state index in [-0.39, 0.29) is 5.82 Å². The SMILES string of the molecule is Cc1ccc(C(C)(O)Cc2ccc(F)cc2C)cc1C. The summed E-state index contributed by atoms with van der Waals surface area (Å²) in [5.74, 6) is -0.239. The monoisotopic (exact) mass is 272 g/mol. The average Bonchev–Trinajstić information content (AvgIpc) is 2.36. The van der Waals surface area contributed by atoms with Gasteiger partial charge in [0, 0.05) is 6.42 Å². The molecule has 1 unspecified atom stereocenters. The number of rotatable bonds is 3. The molecule has 20 heavy (non-hydrogen) atoms. The first-order chi connectivity index (χ1) is 9.29. The van der Waals surface area contributed by atoms with Crippen molar-refractivity contribution in [3.05, 3.63) is 70.0 Å². The highest BCUT2D eigenvalue weighted by Crippen LogP contribution is 2.28. The van der Waals surface area contributed by atoms with Crippen LogP contribution in [-0.2, 0) is 12.0 Å². The van der Waals surface area contributed by atoms with Crippen LogP contribution in [0.25, 0.3) is 0 Å². The van der Waals surface area contributed by atoms with Gasteiger partial charge in [-0.3, -0.25) is 0 Å². The highest BCUT2D eigenvalue weighted by Gasteiger charge is 2.24. The lowest BCUT2D eigenvalue weighted by Crippen LogP contribution is -2.25. The largest absolute Gasteiger partial charge is 0.385 e. The second-order valence-electron chi connectivity index (χ2n) is 5.82. The van der Waals surface area contributed by atoms with Gasteiger partial charge in [-0.1, -0.05) is 24.3 Å². The summed E-state index contributed by atoms with van der Waals surface area (Å²) in [5, 5.41) is 10.8. The molecule has 0 aliphatic carbocycles. The zero-order chi connectivity index (χ0) is 14.9. The maximum Gasteiger partial charge on any atom is 0.123 e. The Kier molecular flexibility index (Phi) is 3.96. The van der Waals surface area contributed by atoms with Gasteiger partial charge in [0.05, 0.1) is 5.60 Å². The summed E-state index contributed by atoms with van der Waals surface area (Å²) in [7, 11) is 0. The lowest BCUT2D eigenvalue weighted by atomic mass is 9.86. The Hall–Kier alpha value is -1.67. The minimum absolute atomic E-state index is 0.239. The van der Waals surface area contributed by atoms with Gasteiger partial charge in [-0.05, 0) is 67.6 Å². The minimum Gasteiger partial charge on any atom is -0.385 e. The molecule has 1 nitrogen and oxygen atoms in total. The van der Waals surface area contributed by atoms with E-state index in [1.54, 1.807) is 13.0 Å². The van der Waals surface area contributed by atoms with Gasteiger partial charge in [-0.25, -0.2) is 4.39 Å². The molecule has 0 heterocycles. The summed E-state index contributed by atoms with van der Waals surface area (Å²) in [5.41, 5.74) is 4.15.